The Hall–Kier alpha value is -0.880. The minimum atomic E-state index is -0.0278. The van der Waals surface area contributed by atoms with E-state index in [9.17, 15) is 4.79 Å². The SMILES string of the molecule is CCCN(CCC)C(=O)COc1nnc(Cl)s1. The quantitative estimate of drug-likeness (QED) is 0.767. The number of hydrogen-bond acceptors (Lipinski definition) is 5. The highest BCUT2D eigenvalue weighted by molar-refractivity contribution is 7.17. The minimum Gasteiger partial charge on any atom is -0.459 e. The molecule has 0 unspecified atom stereocenters. The molecule has 0 aliphatic heterocycles. The first kappa shape index (κ1) is 14.2. The fraction of sp³-hybridized carbons (Fsp3) is 0.700. The number of halogens is 1. The second-order valence-corrected chi connectivity index (χ2v) is 5.01. The van der Waals surface area contributed by atoms with Crippen LogP contribution in [0.25, 0.3) is 0 Å². The fourth-order valence-electron chi connectivity index (χ4n) is 1.37. The minimum absolute atomic E-state index is 0.00841. The van der Waals surface area contributed by atoms with Gasteiger partial charge in [0, 0.05) is 13.1 Å². The van der Waals surface area contributed by atoms with Crippen LogP contribution in [0.5, 0.6) is 5.19 Å². The van der Waals surface area contributed by atoms with Crippen LogP contribution in [0.4, 0.5) is 0 Å². The van der Waals surface area contributed by atoms with Gasteiger partial charge < -0.3 is 9.64 Å². The molecule has 1 heterocycles. The number of nitrogens with zero attached hydrogens (tertiary/aromatic N) is 3. The lowest BCUT2D eigenvalue weighted by Gasteiger charge is -2.20. The van der Waals surface area contributed by atoms with Crippen molar-refractivity contribution in [3.8, 4) is 5.19 Å². The Morgan fingerprint density at radius 3 is 2.47 bits per heavy atom. The number of carbonyl (C=O) groups excluding carboxylic acids is 1. The average Bonchev–Trinajstić information content (AvgIpc) is 2.72. The molecule has 0 fully saturated rings. The van der Waals surface area contributed by atoms with Gasteiger partial charge in [-0.3, -0.25) is 4.79 Å². The van der Waals surface area contributed by atoms with Crippen LogP contribution >= 0.6 is 22.9 Å². The zero-order chi connectivity index (χ0) is 12.7. The lowest BCUT2D eigenvalue weighted by atomic mass is 10.3. The molecular weight excluding hydrogens is 262 g/mol. The van der Waals surface area contributed by atoms with E-state index in [1.807, 2.05) is 13.8 Å². The second-order valence-electron chi connectivity index (χ2n) is 3.49. The first-order valence-electron chi connectivity index (χ1n) is 5.57. The van der Waals surface area contributed by atoms with Crippen molar-refractivity contribution in [3.63, 3.8) is 0 Å². The van der Waals surface area contributed by atoms with E-state index in [0.29, 0.717) is 9.66 Å². The van der Waals surface area contributed by atoms with E-state index >= 15 is 0 Å². The zero-order valence-electron chi connectivity index (χ0n) is 9.98. The van der Waals surface area contributed by atoms with Gasteiger partial charge in [-0.2, -0.15) is 0 Å². The van der Waals surface area contributed by atoms with Crippen molar-refractivity contribution in [2.75, 3.05) is 19.7 Å². The molecule has 0 spiro atoms. The fourth-order valence-corrected chi connectivity index (χ4v) is 2.03. The van der Waals surface area contributed by atoms with E-state index in [1.165, 1.54) is 0 Å². The highest BCUT2D eigenvalue weighted by atomic mass is 35.5. The molecule has 1 rings (SSSR count). The normalized spacial score (nSPS) is 10.3. The van der Waals surface area contributed by atoms with Gasteiger partial charge in [0.15, 0.2) is 6.61 Å². The molecule has 17 heavy (non-hydrogen) atoms. The van der Waals surface area contributed by atoms with Crippen LogP contribution in [0.3, 0.4) is 0 Å². The van der Waals surface area contributed by atoms with Gasteiger partial charge >= 0.3 is 0 Å². The third kappa shape index (κ3) is 4.87. The summed E-state index contributed by atoms with van der Waals surface area (Å²) in [4.78, 5) is 13.6. The molecular formula is C10H16ClN3O2S. The summed E-state index contributed by atoms with van der Waals surface area (Å²) in [5, 5.41) is 7.61. The molecule has 96 valence electrons. The molecule has 5 nitrogen and oxygen atoms in total. The lowest BCUT2D eigenvalue weighted by Crippen LogP contribution is -2.36. The number of amides is 1. The molecule has 0 bridgehead atoms. The summed E-state index contributed by atoms with van der Waals surface area (Å²) in [6.45, 7) is 5.59. The predicted molar refractivity (Wildman–Crippen MR) is 67.6 cm³/mol. The van der Waals surface area contributed by atoms with E-state index < -0.39 is 0 Å². The van der Waals surface area contributed by atoms with Gasteiger partial charge in [-0.15, -0.1) is 5.10 Å². The Labute approximate surface area is 110 Å². The molecule has 1 amide bonds. The molecule has 0 saturated heterocycles. The first-order valence-corrected chi connectivity index (χ1v) is 6.76. The summed E-state index contributed by atoms with van der Waals surface area (Å²) in [5.41, 5.74) is 0. The predicted octanol–water partition coefficient (Wildman–Crippen LogP) is 2.22. The molecule has 0 N–H and O–H groups in total. The van der Waals surface area contributed by atoms with E-state index in [1.54, 1.807) is 4.90 Å². The maximum atomic E-state index is 11.8. The van der Waals surface area contributed by atoms with Gasteiger partial charge in [0.25, 0.3) is 11.1 Å². The van der Waals surface area contributed by atoms with Crippen molar-refractivity contribution >= 4 is 28.8 Å². The summed E-state index contributed by atoms with van der Waals surface area (Å²) < 4.78 is 5.54. The lowest BCUT2D eigenvalue weighted by molar-refractivity contribution is -0.133. The third-order valence-corrected chi connectivity index (χ3v) is 2.97. The Morgan fingerprint density at radius 2 is 2.00 bits per heavy atom. The van der Waals surface area contributed by atoms with E-state index in [0.717, 1.165) is 37.3 Å². The van der Waals surface area contributed by atoms with Crippen molar-refractivity contribution in [2.45, 2.75) is 26.7 Å². The number of aromatic nitrogens is 2. The van der Waals surface area contributed by atoms with Crippen molar-refractivity contribution in [1.82, 2.24) is 15.1 Å². The summed E-state index contributed by atoms with van der Waals surface area (Å²) in [6.07, 6.45) is 1.88. The molecule has 0 aromatic carbocycles. The molecule has 0 aliphatic carbocycles. The van der Waals surface area contributed by atoms with Crippen molar-refractivity contribution < 1.29 is 9.53 Å². The van der Waals surface area contributed by atoms with Crippen LogP contribution in [0.2, 0.25) is 4.47 Å². The van der Waals surface area contributed by atoms with Gasteiger partial charge in [-0.05, 0) is 35.8 Å². The standard InChI is InChI=1S/C10H16ClN3O2S/c1-3-5-14(6-4-2)8(15)7-16-10-13-12-9(11)17-10/h3-7H2,1-2H3. The summed E-state index contributed by atoms with van der Waals surface area (Å²) in [6, 6.07) is 0. The van der Waals surface area contributed by atoms with Gasteiger partial charge in [-0.1, -0.05) is 18.9 Å². The zero-order valence-corrected chi connectivity index (χ0v) is 11.6. The number of carbonyl (C=O) groups is 1. The van der Waals surface area contributed by atoms with Crippen molar-refractivity contribution in [3.05, 3.63) is 4.47 Å². The second kappa shape index (κ2) is 7.45. The highest BCUT2D eigenvalue weighted by Gasteiger charge is 2.13. The molecule has 0 atom stereocenters. The average molecular weight is 278 g/mol. The molecule has 0 radical (unpaired) electrons. The number of rotatable bonds is 7. The Morgan fingerprint density at radius 1 is 1.35 bits per heavy atom. The number of hydrogen-bond donors (Lipinski definition) is 0. The summed E-state index contributed by atoms with van der Waals surface area (Å²) in [5.74, 6) is -0.0278. The van der Waals surface area contributed by atoms with Crippen molar-refractivity contribution in [1.29, 1.82) is 0 Å². The van der Waals surface area contributed by atoms with Gasteiger partial charge in [0.05, 0.1) is 0 Å². The maximum absolute atomic E-state index is 11.8. The Kier molecular flexibility index (Phi) is 6.21. The highest BCUT2D eigenvalue weighted by Crippen LogP contribution is 2.21. The monoisotopic (exact) mass is 277 g/mol. The van der Waals surface area contributed by atoms with Gasteiger partial charge in [0.2, 0.25) is 4.47 Å². The van der Waals surface area contributed by atoms with Crippen LogP contribution in [0.15, 0.2) is 0 Å². The molecule has 1 aromatic heterocycles. The van der Waals surface area contributed by atoms with Crippen LogP contribution in [0.1, 0.15) is 26.7 Å². The smallest absolute Gasteiger partial charge is 0.295 e. The van der Waals surface area contributed by atoms with Crippen LogP contribution < -0.4 is 4.74 Å². The van der Waals surface area contributed by atoms with Crippen LogP contribution in [-0.4, -0.2) is 40.7 Å². The number of ether oxygens (including phenoxy) is 1. The Balaban J connectivity index is 2.41. The van der Waals surface area contributed by atoms with E-state index in [2.05, 4.69) is 10.2 Å². The Bertz CT molecular complexity index is 353. The van der Waals surface area contributed by atoms with Crippen molar-refractivity contribution in [2.24, 2.45) is 0 Å². The van der Waals surface area contributed by atoms with E-state index in [-0.39, 0.29) is 12.5 Å². The molecule has 0 saturated carbocycles. The molecule has 7 heteroatoms. The summed E-state index contributed by atoms with van der Waals surface area (Å²) >= 11 is 6.73. The van der Waals surface area contributed by atoms with Gasteiger partial charge in [-0.25, -0.2) is 0 Å². The first-order chi connectivity index (χ1) is 8.17. The van der Waals surface area contributed by atoms with Crippen LogP contribution in [-0.2, 0) is 4.79 Å². The molecule has 1 aromatic rings. The van der Waals surface area contributed by atoms with Gasteiger partial charge in [0.1, 0.15) is 0 Å². The maximum Gasteiger partial charge on any atom is 0.295 e. The van der Waals surface area contributed by atoms with Crippen LogP contribution in [0, 0.1) is 0 Å². The summed E-state index contributed by atoms with van der Waals surface area (Å²) in [7, 11) is 0. The van der Waals surface area contributed by atoms with E-state index in [4.69, 9.17) is 16.3 Å². The third-order valence-electron chi connectivity index (χ3n) is 2.04. The largest absolute Gasteiger partial charge is 0.459 e. The topological polar surface area (TPSA) is 55.3 Å². The molecule has 0 aliphatic rings.